The van der Waals surface area contributed by atoms with Crippen LogP contribution in [-0.4, -0.2) is 15.7 Å². The van der Waals surface area contributed by atoms with E-state index in [1.54, 1.807) is 16.9 Å². The van der Waals surface area contributed by atoms with Crippen LogP contribution >= 0.6 is 0 Å². The predicted octanol–water partition coefficient (Wildman–Crippen LogP) is 4.70. The number of nitrogens with one attached hydrogen (secondary N) is 1. The number of ether oxygens (including phenoxy) is 1. The van der Waals surface area contributed by atoms with E-state index in [-0.39, 0.29) is 5.91 Å². The third-order valence-corrected chi connectivity index (χ3v) is 4.20. The Kier molecular flexibility index (Phi) is 5.15. The smallest absolute Gasteiger partial charge is 0.276 e. The van der Waals surface area contributed by atoms with Crippen LogP contribution in [0.5, 0.6) is 5.75 Å². The minimum atomic E-state index is -0.257. The van der Waals surface area contributed by atoms with Crippen molar-refractivity contribution in [1.82, 2.24) is 9.78 Å². The van der Waals surface area contributed by atoms with Gasteiger partial charge in [0.05, 0.1) is 5.69 Å². The topological polar surface area (TPSA) is 56.1 Å². The largest absolute Gasteiger partial charge is 0.489 e. The van der Waals surface area contributed by atoms with Crippen LogP contribution in [0.2, 0.25) is 0 Å². The van der Waals surface area contributed by atoms with Crippen molar-refractivity contribution in [2.24, 2.45) is 0 Å². The van der Waals surface area contributed by atoms with Gasteiger partial charge in [-0.3, -0.25) is 4.79 Å². The van der Waals surface area contributed by atoms with E-state index in [9.17, 15) is 4.79 Å². The molecule has 0 saturated carbocycles. The Morgan fingerprint density at radius 1 is 0.857 bits per heavy atom. The van der Waals surface area contributed by atoms with Crippen molar-refractivity contribution in [3.05, 3.63) is 108 Å². The van der Waals surface area contributed by atoms with E-state index in [1.165, 1.54) is 0 Å². The van der Waals surface area contributed by atoms with Gasteiger partial charge in [0.1, 0.15) is 12.4 Å². The zero-order valence-corrected chi connectivity index (χ0v) is 15.2. The molecule has 0 spiro atoms. The summed E-state index contributed by atoms with van der Waals surface area (Å²) in [6.45, 7) is 0.503. The molecule has 0 saturated heterocycles. The number of nitrogens with zero attached hydrogens (tertiary/aromatic N) is 2. The van der Waals surface area contributed by atoms with Crippen LogP contribution in [0.3, 0.4) is 0 Å². The first-order valence-corrected chi connectivity index (χ1v) is 8.97. The van der Waals surface area contributed by atoms with Gasteiger partial charge in [-0.1, -0.05) is 48.5 Å². The van der Waals surface area contributed by atoms with Gasteiger partial charge >= 0.3 is 0 Å². The van der Waals surface area contributed by atoms with E-state index in [1.807, 2.05) is 84.9 Å². The second-order valence-electron chi connectivity index (χ2n) is 6.23. The number of carbonyl (C=O) groups is 1. The minimum absolute atomic E-state index is 0.257. The van der Waals surface area contributed by atoms with Gasteiger partial charge in [0.25, 0.3) is 5.91 Å². The molecular formula is C23H19N3O2. The van der Waals surface area contributed by atoms with E-state index >= 15 is 0 Å². The highest BCUT2D eigenvalue weighted by Gasteiger charge is 2.10. The monoisotopic (exact) mass is 369 g/mol. The first-order chi connectivity index (χ1) is 13.8. The molecule has 4 aromatic rings. The van der Waals surface area contributed by atoms with Gasteiger partial charge in [0.2, 0.25) is 0 Å². The summed E-state index contributed by atoms with van der Waals surface area (Å²) in [5, 5.41) is 7.19. The third-order valence-electron chi connectivity index (χ3n) is 4.20. The normalized spacial score (nSPS) is 10.4. The summed E-state index contributed by atoms with van der Waals surface area (Å²) < 4.78 is 7.44. The molecule has 4 rings (SSSR count). The standard InChI is InChI=1S/C23H19N3O2/c27-23(22-15-16-26(25-22)20-9-5-2-6-10-20)24-19-11-13-21(14-12-19)28-17-18-7-3-1-4-8-18/h1-16H,17H2,(H,24,27). The fraction of sp³-hybridized carbons (Fsp3) is 0.0435. The molecule has 1 aromatic heterocycles. The Labute approximate surface area is 163 Å². The summed E-state index contributed by atoms with van der Waals surface area (Å²) in [4.78, 5) is 12.4. The van der Waals surface area contributed by atoms with Gasteiger partial charge in [-0.15, -0.1) is 0 Å². The van der Waals surface area contributed by atoms with Gasteiger partial charge in [0, 0.05) is 11.9 Å². The summed E-state index contributed by atoms with van der Waals surface area (Å²) in [6.07, 6.45) is 1.77. The Morgan fingerprint density at radius 2 is 1.54 bits per heavy atom. The molecule has 0 aliphatic rings. The van der Waals surface area contributed by atoms with Crippen molar-refractivity contribution >= 4 is 11.6 Å². The molecule has 5 nitrogen and oxygen atoms in total. The van der Waals surface area contributed by atoms with E-state index in [0.717, 1.165) is 17.0 Å². The molecule has 0 aliphatic carbocycles. The van der Waals surface area contributed by atoms with Crippen molar-refractivity contribution in [3.8, 4) is 11.4 Å². The Morgan fingerprint density at radius 3 is 2.25 bits per heavy atom. The zero-order valence-electron chi connectivity index (χ0n) is 15.2. The lowest BCUT2D eigenvalue weighted by Crippen LogP contribution is -2.13. The second-order valence-corrected chi connectivity index (χ2v) is 6.23. The molecule has 0 unspecified atom stereocenters. The highest BCUT2D eigenvalue weighted by Crippen LogP contribution is 2.18. The number of rotatable bonds is 6. The van der Waals surface area contributed by atoms with Gasteiger partial charge < -0.3 is 10.1 Å². The Balaban J connectivity index is 1.36. The number of hydrogen-bond acceptors (Lipinski definition) is 3. The Hall–Kier alpha value is -3.86. The lowest BCUT2D eigenvalue weighted by molar-refractivity contribution is 0.102. The summed E-state index contributed by atoms with van der Waals surface area (Å²) >= 11 is 0. The first kappa shape index (κ1) is 17.5. The molecule has 1 amide bonds. The molecule has 1 N–H and O–H groups in total. The van der Waals surface area contributed by atoms with Gasteiger partial charge in [-0.05, 0) is 48.0 Å². The SMILES string of the molecule is O=C(Nc1ccc(OCc2ccccc2)cc1)c1ccn(-c2ccccc2)n1. The third kappa shape index (κ3) is 4.27. The van der Waals surface area contributed by atoms with Crippen LogP contribution in [0, 0.1) is 0 Å². The van der Waals surface area contributed by atoms with Crippen LogP contribution < -0.4 is 10.1 Å². The number of hydrogen-bond donors (Lipinski definition) is 1. The van der Waals surface area contributed by atoms with Crippen LogP contribution in [0.4, 0.5) is 5.69 Å². The number of benzene rings is 3. The summed E-state index contributed by atoms with van der Waals surface area (Å²) in [5.74, 6) is 0.489. The van der Waals surface area contributed by atoms with E-state index in [4.69, 9.17) is 4.74 Å². The van der Waals surface area contributed by atoms with Gasteiger partial charge in [-0.2, -0.15) is 5.10 Å². The molecule has 0 fully saturated rings. The number of carbonyl (C=O) groups excluding carboxylic acids is 1. The quantitative estimate of drug-likeness (QED) is 0.536. The molecule has 0 radical (unpaired) electrons. The number of para-hydroxylation sites is 1. The fourth-order valence-corrected chi connectivity index (χ4v) is 2.74. The maximum atomic E-state index is 12.4. The molecule has 0 aliphatic heterocycles. The average molecular weight is 369 g/mol. The van der Waals surface area contributed by atoms with Crippen molar-refractivity contribution < 1.29 is 9.53 Å². The van der Waals surface area contributed by atoms with E-state index in [0.29, 0.717) is 18.0 Å². The maximum Gasteiger partial charge on any atom is 0.276 e. The summed E-state index contributed by atoms with van der Waals surface area (Å²) in [5.41, 5.74) is 3.05. The van der Waals surface area contributed by atoms with Crippen molar-refractivity contribution in [1.29, 1.82) is 0 Å². The summed E-state index contributed by atoms with van der Waals surface area (Å²) in [7, 11) is 0. The number of anilines is 1. The summed E-state index contributed by atoms with van der Waals surface area (Å²) in [6, 6.07) is 28.6. The van der Waals surface area contributed by atoms with Gasteiger partial charge in [0.15, 0.2) is 5.69 Å². The van der Waals surface area contributed by atoms with Crippen LogP contribution in [0.25, 0.3) is 5.69 Å². The number of amides is 1. The highest BCUT2D eigenvalue weighted by atomic mass is 16.5. The van der Waals surface area contributed by atoms with Crippen molar-refractivity contribution in [3.63, 3.8) is 0 Å². The molecule has 0 bridgehead atoms. The van der Waals surface area contributed by atoms with Crippen molar-refractivity contribution in [2.45, 2.75) is 6.61 Å². The predicted molar refractivity (Wildman–Crippen MR) is 109 cm³/mol. The highest BCUT2D eigenvalue weighted by molar-refractivity contribution is 6.02. The minimum Gasteiger partial charge on any atom is -0.489 e. The molecule has 3 aromatic carbocycles. The molecule has 0 atom stereocenters. The Bertz CT molecular complexity index is 1040. The second kappa shape index (κ2) is 8.22. The first-order valence-electron chi connectivity index (χ1n) is 8.97. The van der Waals surface area contributed by atoms with E-state index in [2.05, 4.69) is 10.4 Å². The van der Waals surface area contributed by atoms with E-state index < -0.39 is 0 Å². The lowest BCUT2D eigenvalue weighted by Gasteiger charge is -2.08. The lowest BCUT2D eigenvalue weighted by atomic mass is 10.2. The van der Waals surface area contributed by atoms with Crippen molar-refractivity contribution in [2.75, 3.05) is 5.32 Å². The van der Waals surface area contributed by atoms with Crippen LogP contribution in [-0.2, 0) is 6.61 Å². The van der Waals surface area contributed by atoms with Crippen LogP contribution in [0.1, 0.15) is 16.1 Å². The van der Waals surface area contributed by atoms with Crippen LogP contribution in [0.15, 0.2) is 97.2 Å². The molecule has 5 heteroatoms. The maximum absolute atomic E-state index is 12.4. The fourth-order valence-electron chi connectivity index (χ4n) is 2.74. The molecular weight excluding hydrogens is 350 g/mol. The average Bonchev–Trinajstić information content (AvgIpc) is 3.25. The molecule has 1 heterocycles. The number of aromatic nitrogens is 2. The zero-order chi connectivity index (χ0) is 19.2. The molecule has 28 heavy (non-hydrogen) atoms. The van der Waals surface area contributed by atoms with Gasteiger partial charge in [-0.25, -0.2) is 4.68 Å². The molecule has 138 valence electrons.